The van der Waals surface area contributed by atoms with Crippen LogP contribution in [-0.2, 0) is 5.41 Å². The Hall–Kier alpha value is -1.58. The van der Waals surface area contributed by atoms with Gasteiger partial charge in [-0.15, -0.1) is 0 Å². The van der Waals surface area contributed by atoms with Crippen LogP contribution in [0.5, 0.6) is 0 Å². The average Bonchev–Trinajstić information content (AvgIpc) is 2.73. The molecule has 0 aliphatic rings. The first-order valence-electron chi connectivity index (χ1n) is 4.52. The second-order valence-electron chi connectivity index (χ2n) is 4.24. The molecule has 0 saturated carbocycles. The van der Waals surface area contributed by atoms with E-state index in [1.807, 2.05) is 0 Å². The van der Waals surface area contributed by atoms with Crippen LogP contribution in [0.25, 0.3) is 6.01 Å². The Kier molecular flexibility index (Phi) is 1.91. The Bertz CT molecular complexity index is 409. The van der Waals surface area contributed by atoms with Gasteiger partial charge in [0, 0.05) is 17.8 Å². The highest BCUT2D eigenvalue weighted by molar-refractivity contribution is 5.15. The predicted octanol–water partition coefficient (Wildman–Crippen LogP) is 2.16. The van der Waals surface area contributed by atoms with Crippen molar-refractivity contribution in [3.63, 3.8) is 0 Å². The highest BCUT2D eigenvalue weighted by Crippen LogP contribution is 2.22. The fourth-order valence-corrected chi connectivity index (χ4v) is 1.10. The first-order chi connectivity index (χ1) is 6.57. The van der Waals surface area contributed by atoms with Crippen LogP contribution >= 0.6 is 0 Å². The zero-order valence-electron chi connectivity index (χ0n) is 8.56. The lowest BCUT2D eigenvalue weighted by molar-refractivity contribution is 0.518. The first kappa shape index (κ1) is 8.99. The fourth-order valence-electron chi connectivity index (χ4n) is 1.10. The van der Waals surface area contributed by atoms with E-state index in [1.54, 1.807) is 29.6 Å². The van der Waals surface area contributed by atoms with Crippen molar-refractivity contribution in [1.29, 1.82) is 0 Å². The molecule has 0 atom stereocenters. The van der Waals surface area contributed by atoms with Crippen molar-refractivity contribution in [3.8, 4) is 6.01 Å². The minimum Gasteiger partial charge on any atom is -0.431 e. The molecule has 14 heavy (non-hydrogen) atoms. The number of hydrogen-bond acceptors (Lipinski definition) is 3. The lowest BCUT2D eigenvalue weighted by Crippen LogP contribution is -2.11. The Morgan fingerprint density at radius 2 is 2.14 bits per heavy atom. The fraction of sp³-hybridized carbons (Fsp3) is 0.400. The standard InChI is InChI=1S/C10H13N3O/c1-10(2,3)8-6-14-9(12-8)13-5-4-11-7-13/h4-7H,1-3H3. The zero-order valence-corrected chi connectivity index (χ0v) is 8.56. The SMILES string of the molecule is CC(C)(C)c1coc(-n2ccnc2)n1. The van der Waals surface area contributed by atoms with Gasteiger partial charge in [0.15, 0.2) is 0 Å². The molecule has 0 aliphatic carbocycles. The molecule has 4 nitrogen and oxygen atoms in total. The number of hydrogen-bond donors (Lipinski definition) is 0. The lowest BCUT2D eigenvalue weighted by Gasteiger charge is -2.12. The van der Waals surface area contributed by atoms with E-state index in [1.165, 1.54) is 0 Å². The van der Waals surface area contributed by atoms with E-state index in [0.717, 1.165) is 5.69 Å². The van der Waals surface area contributed by atoms with E-state index in [-0.39, 0.29) is 5.41 Å². The topological polar surface area (TPSA) is 43.9 Å². The van der Waals surface area contributed by atoms with Crippen molar-refractivity contribution >= 4 is 0 Å². The highest BCUT2D eigenvalue weighted by atomic mass is 16.4. The van der Waals surface area contributed by atoms with E-state index < -0.39 is 0 Å². The number of oxazole rings is 1. The summed E-state index contributed by atoms with van der Waals surface area (Å²) >= 11 is 0. The van der Waals surface area contributed by atoms with Crippen molar-refractivity contribution < 1.29 is 4.42 Å². The van der Waals surface area contributed by atoms with Gasteiger partial charge in [0.2, 0.25) is 0 Å². The van der Waals surface area contributed by atoms with Crippen molar-refractivity contribution in [2.24, 2.45) is 0 Å². The largest absolute Gasteiger partial charge is 0.431 e. The van der Waals surface area contributed by atoms with Crippen LogP contribution in [0.3, 0.4) is 0 Å². The molecule has 0 spiro atoms. The normalized spacial score (nSPS) is 11.9. The molecule has 0 bridgehead atoms. The van der Waals surface area contributed by atoms with Crippen molar-refractivity contribution in [2.75, 3.05) is 0 Å². The summed E-state index contributed by atoms with van der Waals surface area (Å²) in [6.07, 6.45) is 6.85. The number of rotatable bonds is 1. The summed E-state index contributed by atoms with van der Waals surface area (Å²) in [6.45, 7) is 6.30. The van der Waals surface area contributed by atoms with Crippen LogP contribution in [0.4, 0.5) is 0 Å². The molecule has 0 saturated heterocycles. The molecular formula is C10H13N3O. The summed E-state index contributed by atoms with van der Waals surface area (Å²) < 4.78 is 7.09. The third-order valence-corrected chi connectivity index (χ3v) is 1.99. The van der Waals surface area contributed by atoms with Gasteiger partial charge in [-0.2, -0.15) is 4.98 Å². The number of nitrogens with zero attached hydrogens (tertiary/aromatic N) is 3. The molecule has 4 heteroatoms. The van der Waals surface area contributed by atoms with Crippen LogP contribution in [-0.4, -0.2) is 14.5 Å². The van der Waals surface area contributed by atoms with E-state index >= 15 is 0 Å². The maximum absolute atomic E-state index is 5.35. The lowest BCUT2D eigenvalue weighted by atomic mass is 9.93. The summed E-state index contributed by atoms with van der Waals surface area (Å²) in [4.78, 5) is 8.31. The van der Waals surface area contributed by atoms with E-state index in [9.17, 15) is 0 Å². The molecule has 2 aromatic heterocycles. The molecule has 0 fully saturated rings. The monoisotopic (exact) mass is 191 g/mol. The molecule has 0 N–H and O–H groups in total. The Balaban J connectivity index is 2.36. The second kappa shape index (κ2) is 2.97. The first-order valence-corrected chi connectivity index (χ1v) is 4.52. The van der Waals surface area contributed by atoms with Gasteiger partial charge in [-0.1, -0.05) is 20.8 Å². The third kappa shape index (κ3) is 1.55. The van der Waals surface area contributed by atoms with Gasteiger partial charge in [-0.25, -0.2) is 4.98 Å². The molecular weight excluding hydrogens is 178 g/mol. The van der Waals surface area contributed by atoms with Crippen molar-refractivity contribution in [3.05, 3.63) is 30.7 Å². The van der Waals surface area contributed by atoms with Crippen LogP contribution in [0.15, 0.2) is 29.4 Å². The van der Waals surface area contributed by atoms with Crippen LogP contribution in [0.1, 0.15) is 26.5 Å². The van der Waals surface area contributed by atoms with Crippen molar-refractivity contribution in [1.82, 2.24) is 14.5 Å². The molecule has 0 unspecified atom stereocenters. The summed E-state index contributed by atoms with van der Waals surface area (Å²) in [5, 5.41) is 0. The van der Waals surface area contributed by atoms with Gasteiger partial charge in [-0.3, -0.25) is 4.57 Å². The molecule has 2 rings (SSSR count). The van der Waals surface area contributed by atoms with E-state index in [4.69, 9.17) is 4.42 Å². The minimum atomic E-state index is 0.0162. The number of aromatic nitrogens is 3. The molecule has 0 amide bonds. The zero-order chi connectivity index (χ0) is 10.2. The smallest absolute Gasteiger partial charge is 0.307 e. The molecule has 0 radical (unpaired) electrons. The van der Waals surface area contributed by atoms with Crippen LogP contribution in [0.2, 0.25) is 0 Å². The summed E-state index contributed by atoms with van der Waals surface area (Å²) in [7, 11) is 0. The van der Waals surface area contributed by atoms with Gasteiger partial charge in [0.05, 0.1) is 5.69 Å². The highest BCUT2D eigenvalue weighted by Gasteiger charge is 2.18. The minimum absolute atomic E-state index is 0.0162. The van der Waals surface area contributed by atoms with Crippen LogP contribution < -0.4 is 0 Å². The molecule has 0 aromatic carbocycles. The van der Waals surface area contributed by atoms with Gasteiger partial charge in [0.25, 0.3) is 0 Å². The maximum Gasteiger partial charge on any atom is 0.307 e. The quantitative estimate of drug-likeness (QED) is 0.693. The van der Waals surface area contributed by atoms with Gasteiger partial charge in [-0.05, 0) is 0 Å². The van der Waals surface area contributed by atoms with E-state index in [0.29, 0.717) is 6.01 Å². The summed E-state index contributed by atoms with van der Waals surface area (Å²) in [6, 6.07) is 0.562. The van der Waals surface area contributed by atoms with Gasteiger partial charge < -0.3 is 4.42 Å². The molecule has 2 heterocycles. The summed E-state index contributed by atoms with van der Waals surface area (Å²) in [5.74, 6) is 0. The predicted molar refractivity (Wildman–Crippen MR) is 52.3 cm³/mol. The Labute approximate surface area is 82.6 Å². The molecule has 74 valence electrons. The molecule has 0 aliphatic heterocycles. The average molecular weight is 191 g/mol. The maximum atomic E-state index is 5.35. The Morgan fingerprint density at radius 3 is 2.64 bits per heavy atom. The van der Waals surface area contributed by atoms with Crippen LogP contribution in [0, 0.1) is 0 Å². The third-order valence-electron chi connectivity index (χ3n) is 1.99. The second-order valence-corrected chi connectivity index (χ2v) is 4.24. The molecule has 2 aromatic rings. The van der Waals surface area contributed by atoms with Crippen molar-refractivity contribution in [2.45, 2.75) is 26.2 Å². The number of imidazole rings is 1. The Morgan fingerprint density at radius 1 is 1.36 bits per heavy atom. The summed E-state index contributed by atoms with van der Waals surface area (Å²) in [5.41, 5.74) is 0.962. The van der Waals surface area contributed by atoms with Gasteiger partial charge in [0.1, 0.15) is 12.6 Å². The van der Waals surface area contributed by atoms with E-state index in [2.05, 4.69) is 30.7 Å². The van der Waals surface area contributed by atoms with Gasteiger partial charge >= 0.3 is 6.01 Å².